The largest absolute Gasteiger partial charge is 0.497 e. The van der Waals surface area contributed by atoms with Crippen LogP contribution in [0, 0.1) is 0 Å². The summed E-state index contributed by atoms with van der Waals surface area (Å²) in [6, 6.07) is 13.3. The van der Waals surface area contributed by atoms with Gasteiger partial charge in [-0.25, -0.2) is 15.0 Å². The fourth-order valence-electron chi connectivity index (χ4n) is 2.09. The van der Waals surface area contributed by atoms with Gasteiger partial charge in [-0.2, -0.15) is 5.10 Å². The van der Waals surface area contributed by atoms with Crippen molar-refractivity contribution in [2.24, 2.45) is 5.10 Å². The van der Waals surface area contributed by atoms with E-state index in [-0.39, 0.29) is 12.7 Å². The molecule has 0 unspecified atom stereocenters. The number of nitrogens with one attached hydrogen (secondary N) is 2. The second-order valence-electron chi connectivity index (χ2n) is 5.95. The number of rotatable bonds is 8. The number of esters is 1. The molecule has 0 aliphatic heterocycles. The van der Waals surface area contributed by atoms with Crippen LogP contribution < -0.4 is 20.2 Å². The predicted octanol–water partition coefficient (Wildman–Crippen LogP) is 3.18. The van der Waals surface area contributed by atoms with Gasteiger partial charge in [0.05, 0.1) is 19.4 Å². The van der Waals surface area contributed by atoms with E-state index in [4.69, 9.17) is 14.2 Å². The first-order chi connectivity index (χ1) is 13.5. The smallest absolute Gasteiger partial charge is 0.344 e. The first-order valence-corrected chi connectivity index (χ1v) is 8.62. The summed E-state index contributed by atoms with van der Waals surface area (Å²) in [7, 11) is 1.57. The number of nitrogens with zero attached hydrogens (tertiary/aromatic N) is 1. The van der Waals surface area contributed by atoms with E-state index in [0.717, 1.165) is 5.56 Å². The maximum Gasteiger partial charge on any atom is 0.344 e. The van der Waals surface area contributed by atoms with E-state index in [1.165, 1.54) is 6.21 Å². The Morgan fingerprint density at radius 2 is 1.68 bits per heavy atom. The number of methoxy groups -OCH3 is 1. The lowest BCUT2D eigenvalue weighted by molar-refractivity contribution is -0.149. The zero-order chi connectivity index (χ0) is 20.4. The van der Waals surface area contributed by atoms with Crippen molar-refractivity contribution >= 4 is 23.9 Å². The van der Waals surface area contributed by atoms with Gasteiger partial charge in [0.1, 0.15) is 11.5 Å². The van der Waals surface area contributed by atoms with Crippen LogP contribution in [-0.2, 0) is 9.53 Å². The van der Waals surface area contributed by atoms with Crippen molar-refractivity contribution in [1.29, 1.82) is 0 Å². The van der Waals surface area contributed by atoms with Crippen LogP contribution in [0.3, 0.4) is 0 Å². The Balaban J connectivity index is 1.77. The molecule has 0 saturated heterocycles. The van der Waals surface area contributed by atoms with E-state index in [2.05, 4.69) is 15.8 Å². The minimum atomic E-state index is -0.468. The highest BCUT2D eigenvalue weighted by Crippen LogP contribution is 2.14. The molecule has 0 atom stereocenters. The van der Waals surface area contributed by atoms with Crippen molar-refractivity contribution in [3.63, 3.8) is 0 Å². The molecule has 0 aliphatic carbocycles. The first-order valence-electron chi connectivity index (χ1n) is 8.62. The number of anilines is 1. The van der Waals surface area contributed by atoms with Gasteiger partial charge in [-0.1, -0.05) is 0 Å². The number of benzene rings is 2. The summed E-state index contributed by atoms with van der Waals surface area (Å²) in [5.74, 6) is 0.809. The highest BCUT2D eigenvalue weighted by atomic mass is 16.6. The Hall–Kier alpha value is -3.55. The molecule has 0 spiro atoms. The van der Waals surface area contributed by atoms with Gasteiger partial charge in [0, 0.05) is 5.69 Å². The number of carbonyl (C=O) groups is 2. The lowest BCUT2D eigenvalue weighted by Crippen LogP contribution is -2.24. The molecular weight excluding hydrogens is 362 g/mol. The average Bonchev–Trinajstić information content (AvgIpc) is 2.67. The van der Waals surface area contributed by atoms with Crippen LogP contribution in [0.2, 0.25) is 0 Å². The molecule has 8 nitrogen and oxygen atoms in total. The Morgan fingerprint density at radius 3 is 2.29 bits per heavy atom. The zero-order valence-electron chi connectivity index (χ0n) is 16.0. The third-order valence-electron chi connectivity index (χ3n) is 3.33. The van der Waals surface area contributed by atoms with Gasteiger partial charge in [-0.05, 0) is 67.9 Å². The predicted molar refractivity (Wildman–Crippen MR) is 106 cm³/mol. The topological polar surface area (TPSA) is 98.3 Å². The monoisotopic (exact) mass is 385 g/mol. The molecule has 0 saturated carbocycles. The number of amides is 2. The van der Waals surface area contributed by atoms with Crippen LogP contribution in [0.1, 0.15) is 19.4 Å². The van der Waals surface area contributed by atoms with Crippen molar-refractivity contribution in [3.05, 3.63) is 54.1 Å². The quantitative estimate of drug-likeness (QED) is 0.413. The van der Waals surface area contributed by atoms with Crippen LogP contribution in [0.5, 0.6) is 11.5 Å². The maximum absolute atomic E-state index is 11.8. The lowest BCUT2D eigenvalue weighted by atomic mass is 10.2. The van der Waals surface area contributed by atoms with Crippen molar-refractivity contribution in [1.82, 2.24) is 5.43 Å². The molecule has 2 rings (SSSR count). The molecule has 0 radical (unpaired) electrons. The summed E-state index contributed by atoms with van der Waals surface area (Å²) in [4.78, 5) is 23.2. The van der Waals surface area contributed by atoms with E-state index in [1.54, 1.807) is 69.5 Å². The van der Waals surface area contributed by atoms with Gasteiger partial charge in [-0.3, -0.25) is 0 Å². The Morgan fingerprint density at radius 1 is 1.04 bits per heavy atom. The van der Waals surface area contributed by atoms with Gasteiger partial charge in [0.25, 0.3) is 0 Å². The SMILES string of the molecule is COc1ccc(NC(=O)N/N=C/c2ccc(OCC(=O)OC(C)C)cc2)cc1. The third kappa shape index (κ3) is 7.36. The van der Waals surface area contributed by atoms with E-state index in [0.29, 0.717) is 17.2 Å². The van der Waals surface area contributed by atoms with Crippen LogP contribution in [0.15, 0.2) is 53.6 Å². The van der Waals surface area contributed by atoms with Gasteiger partial charge in [0.15, 0.2) is 6.61 Å². The lowest BCUT2D eigenvalue weighted by Gasteiger charge is -2.09. The summed E-state index contributed by atoms with van der Waals surface area (Å²) < 4.78 is 15.4. The summed E-state index contributed by atoms with van der Waals surface area (Å²) in [5.41, 5.74) is 3.75. The Bertz CT molecular complexity index is 802. The van der Waals surface area contributed by atoms with Gasteiger partial charge < -0.3 is 19.5 Å². The number of hydrogen-bond acceptors (Lipinski definition) is 6. The molecule has 0 aliphatic rings. The maximum atomic E-state index is 11.8. The number of carbonyl (C=O) groups excluding carboxylic acids is 2. The van der Waals surface area contributed by atoms with E-state index in [9.17, 15) is 9.59 Å². The van der Waals surface area contributed by atoms with E-state index in [1.807, 2.05) is 0 Å². The normalized spacial score (nSPS) is 10.6. The summed E-state index contributed by atoms with van der Waals surface area (Å²) in [6.07, 6.45) is 1.31. The third-order valence-corrected chi connectivity index (χ3v) is 3.33. The fourth-order valence-corrected chi connectivity index (χ4v) is 2.09. The summed E-state index contributed by atoms with van der Waals surface area (Å²) >= 11 is 0. The summed E-state index contributed by atoms with van der Waals surface area (Å²) in [6.45, 7) is 3.40. The molecule has 2 N–H and O–H groups in total. The van der Waals surface area contributed by atoms with E-state index >= 15 is 0 Å². The second kappa shape index (κ2) is 10.6. The molecule has 28 heavy (non-hydrogen) atoms. The number of hydrazone groups is 1. The van der Waals surface area contributed by atoms with Crippen molar-refractivity contribution in [3.8, 4) is 11.5 Å². The Labute approximate surface area is 163 Å². The van der Waals surface area contributed by atoms with Crippen LogP contribution in [0.25, 0.3) is 0 Å². The summed E-state index contributed by atoms with van der Waals surface area (Å²) in [5, 5.41) is 6.53. The molecule has 8 heteroatoms. The highest BCUT2D eigenvalue weighted by Gasteiger charge is 2.06. The number of hydrogen-bond donors (Lipinski definition) is 2. The van der Waals surface area contributed by atoms with Gasteiger partial charge >= 0.3 is 12.0 Å². The van der Waals surface area contributed by atoms with Crippen LogP contribution in [0.4, 0.5) is 10.5 Å². The molecule has 2 aromatic rings. The molecule has 2 aromatic carbocycles. The number of ether oxygens (including phenoxy) is 3. The van der Waals surface area contributed by atoms with E-state index < -0.39 is 12.0 Å². The molecule has 0 heterocycles. The Kier molecular flexibility index (Phi) is 7.83. The molecule has 148 valence electrons. The first kappa shape index (κ1) is 20.8. The molecule has 0 bridgehead atoms. The zero-order valence-corrected chi connectivity index (χ0v) is 16.0. The standard InChI is InChI=1S/C20H23N3O5/c1-14(2)28-19(24)13-27-18-8-4-15(5-9-18)12-21-23-20(25)22-16-6-10-17(26-3)11-7-16/h4-12,14H,13H2,1-3H3,(H2,22,23,25)/b21-12+. The van der Waals surface area contributed by atoms with Crippen molar-refractivity contribution in [2.75, 3.05) is 19.0 Å². The average molecular weight is 385 g/mol. The van der Waals surface area contributed by atoms with Gasteiger partial charge in [0.2, 0.25) is 0 Å². The second-order valence-corrected chi connectivity index (χ2v) is 5.95. The van der Waals surface area contributed by atoms with Crippen molar-refractivity contribution < 1.29 is 23.8 Å². The van der Waals surface area contributed by atoms with Gasteiger partial charge in [-0.15, -0.1) is 0 Å². The molecule has 0 aromatic heterocycles. The van der Waals surface area contributed by atoms with Crippen molar-refractivity contribution in [2.45, 2.75) is 20.0 Å². The van der Waals surface area contributed by atoms with Crippen LogP contribution >= 0.6 is 0 Å². The highest BCUT2D eigenvalue weighted by molar-refractivity contribution is 5.90. The fraction of sp³-hybridized carbons (Fsp3) is 0.250. The molecule has 2 amide bonds. The molecular formula is C20H23N3O5. The molecule has 0 fully saturated rings. The minimum Gasteiger partial charge on any atom is -0.497 e. The number of urea groups is 1. The van der Waals surface area contributed by atoms with Crippen LogP contribution in [-0.4, -0.2) is 38.0 Å². The minimum absolute atomic E-state index is 0.154.